The minimum Gasteiger partial charge on any atom is -0.457 e. The number of rotatable bonds is 5. The Morgan fingerprint density at radius 3 is 2.83 bits per heavy atom. The quantitative estimate of drug-likeness (QED) is 0.781. The van der Waals surface area contributed by atoms with Crippen LogP contribution in [-0.2, 0) is 13.2 Å². The molecule has 24 heavy (non-hydrogen) atoms. The zero-order valence-electron chi connectivity index (χ0n) is 13.4. The molecule has 0 amide bonds. The molecule has 0 saturated carbocycles. The first-order valence-corrected chi connectivity index (χ1v) is 8.20. The second-order valence-corrected chi connectivity index (χ2v) is 6.17. The molecule has 6 nitrogen and oxygen atoms in total. The zero-order chi connectivity index (χ0) is 16.4. The van der Waals surface area contributed by atoms with E-state index in [1.807, 2.05) is 23.0 Å². The molecule has 1 atom stereocenters. The lowest BCUT2D eigenvalue weighted by Crippen LogP contribution is -2.21. The fourth-order valence-electron chi connectivity index (χ4n) is 3.18. The predicted octanol–water partition coefficient (Wildman–Crippen LogP) is 2.48. The monoisotopic (exact) mass is 324 g/mol. The highest BCUT2D eigenvalue weighted by Gasteiger charge is 2.25. The van der Waals surface area contributed by atoms with E-state index in [0.29, 0.717) is 23.3 Å². The van der Waals surface area contributed by atoms with Crippen molar-refractivity contribution in [2.24, 2.45) is 0 Å². The molecule has 1 aliphatic rings. The molecule has 1 saturated heterocycles. The Morgan fingerprint density at radius 2 is 2.04 bits per heavy atom. The van der Waals surface area contributed by atoms with Gasteiger partial charge in [0.05, 0.1) is 12.2 Å². The van der Waals surface area contributed by atoms with Gasteiger partial charge in [-0.3, -0.25) is 4.90 Å². The molecule has 3 heterocycles. The maximum atomic E-state index is 9.09. The molecule has 0 unspecified atom stereocenters. The van der Waals surface area contributed by atoms with Gasteiger partial charge in [0.2, 0.25) is 0 Å². The number of aromatic nitrogens is 3. The highest BCUT2D eigenvalue weighted by molar-refractivity contribution is 5.50. The maximum Gasteiger partial charge on any atom is 0.156 e. The molecule has 0 bridgehead atoms. The molecule has 3 aromatic rings. The van der Waals surface area contributed by atoms with Gasteiger partial charge in [0, 0.05) is 19.6 Å². The van der Waals surface area contributed by atoms with Crippen molar-refractivity contribution in [3.8, 4) is 11.5 Å². The second-order valence-electron chi connectivity index (χ2n) is 6.17. The Labute approximate surface area is 140 Å². The minimum absolute atomic E-state index is 0.106. The van der Waals surface area contributed by atoms with Gasteiger partial charge in [-0.05, 0) is 24.1 Å². The average molecular weight is 324 g/mol. The molecule has 1 N–H and O–H groups in total. The molecule has 0 aliphatic carbocycles. The SMILES string of the molecule is OCc1ccc(-c2cn([C@@H]3CCN(Cc4ccccc4)C3)nn2)o1. The van der Waals surface area contributed by atoms with E-state index < -0.39 is 0 Å². The fourth-order valence-corrected chi connectivity index (χ4v) is 3.18. The van der Waals surface area contributed by atoms with Crippen LogP contribution in [0.15, 0.2) is 53.1 Å². The van der Waals surface area contributed by atoms with Crippen LogP contribution in [0.4, 0.5) is 0 Å². The molecule has 124 valence electrons. The van der Waals surface area contributed by atoms with Gasteiger partial charge in [-0.25, -0.2) is 4.68 Å². The van der Waals surface area contributed by atoms with Crippen molar-refractivity contribution in [3.05, 3.63) is 60.0 Å². The van der Waals surface area contributed by atoms with Crippen LogP contribution in [0.1, 0.15) is 23.8 Å². The Bertz CT molecular complexity index is 796. The van der Waals surface area contributed by atoms with Gasteiger partial charge < -0.3 is 9.52 Å². The summed E-state index contributed by atoms with van der Waals surface area (Å²) in [5.41, 5.74) is 2.04. The van der Waals surface area contributed by atoms with Crippen molar-refractivity contribution < 1.29 is 9.52 Å². The van der Waals surface area contributed by atoms with Gasteiger partial charge in [0.1, 0.15) is 18.1 Å². The first-order chi connectivity index (χ1) is 11.8. The van der Waals surface area contributed by atoms with E-state index in [0.717, 1.165) is 26.1 Å². The summed E-state index contributed by atoms with van der Waals surface area (Å²) in [6, 6.07) is 14.4. The number of hydrogen-bond donors (Lipinski definition) is 1. The van der Waals surface area contributed by atoms with E-state index in [9.17, 15) is 0 Å². The molecule has 0 radical (unpaired) electrons. The number of nitrogens with zero attached hydrogens (tertiary/aromatic N) is 4. The first-order valence-electron chi connectivity index (χ1n) is 8.20. The lowest BCUT2D eigenvalue weighted by atomic mass is 10.2. The Kier molecular flexibility index (Phi) is 4.15. The highest BCUT2D eigenvalue weighted by atomic mass is 16.4. The largest absolute Gasteiger partial charge is 0.457 e. The number of aliphatic hydroxyl groups excluding tert-OH is 1. The van der Waals surface area contributed by atoms with Crippen molar-refractivity contribution in [3.63, 3.8) is 0 Å². The predicted molar refractivity (Wildman–Crippen MR) is 89.0 cm³/mol. The van der Waals surface area contributed by atoms with E-state index in [1.54, 1.807) is 6.07 Å². The lowest BCUT2D eigenvalue weighted by molar-refractivity contribution is 0.248. The standard InChI is InChI=1S/C18H20N4O2/c23-13-16-6-7-18(24-16)17-12-22(20-19-17)15-8-9-21(11-15)10-14-4-2-1-3-5-14/h1-7,12,15,23H,8-11,13H2/t15-/m1/s1. The fraction of sp³-hybridized carbons (Fsp3) is 0.333. The Morgan fingerprint density at radius 1 is 1.17 bits per heavy atom. The number of benzene rings is 1. The van der Waals surface area contributed by atoms with E-state index in [-0.39, 0.29) is 6.61 Å². The van der Waals surface area contributed by atoms with E-state index in [4.69, 9.17) is 9.52 Å². The molecule has 0 spiro atoms. The smallest absolute Gasteiger partial charge is 0.156 e. The van der Waals surface area contributed by atoms with Gasteiger partial charge in [0.15, 0.2) is 5.76 Å². The molecular weight excluding hydrogens is 304 g/mol. The van der Waals surface area contributed by atoms with Crippen molar-refractivity contribution in [1.29, 1.82) is 0 Å². The van der Waals surface area contributed by atoms with Crippen LogP contribution in [0.3, 0.4) is 0 Å². The van der Waals surface area contributed by atoms with Crippen LogP contribution < -0.4 is 0 Å². The molecule has 1 aromatic carbocycles. The molecule has 6 heteroatoms. The number of aliphatic hydroxyl groups is 1. The summed E-state index contributed by atoms with van der Waals surface area (Å²) in [4.78, 5) is 2.44. The third-order valence-corrected chi connectivity index (χ3v) is 4.45. The highest BCUT2D eigenvalue weighted by Crippen LogP contribution is 2.25. The minimum atomic E-state index is -0.106. The molecule has 1 fully saturated rings. The van der Waals surface area contributed by atoms with Crippen molar-refractivity contribution in [2.45, 2.75) is 25.6 Å². The van der Waals surface area contributed by atoms with Crippen molar-refractivity contribution in [1.82, 2.24) is 19.9 Å². The third kappa shape index (κ3) is 3.11. The van der Waals surface area contributed by atoms with E-state index in [2.05, 4.69) is 39.5 Å². The van der Waals surface area contributed by atoms with E-state index in [1.165, 1.54) is 5.56 Å². The molecule has 4 rings (SSSR count). The van der Waals surface area contributed by atoms with Crippen LogP contribution in [0.5, 0.6) is 0 Å². The molecule has 1 aliphatic heterocycles. The summed E-state index contributed by atoms with van der Waals surface area (Å²) < 4.78 is 7.45. The van der Waals surface area contributed by atoms with Crippen LogP contribution >= 0.6 is 0 Å². The van der Waals surface area contributed by atoms with Crippen molar-refractivity contribution in [2.75, 3.05) is 13.1 Å². The number of hydrogen-bond acceptors (Lipinski definition) is 5. The van der Waals surface area contributed by atoms with Crippen LogP contribution in [-0.4, -0.2) is 38.1 Å². The van der Waals surface area contributed by atoms with Gasteiger partial charge in [-0.1, -0.05) is 35.5 Å². The first kappa shape index (κ1) is 15.1. The Balaban J connectivity index is 1.42. The summed E-state index contributed by atoms with van der Waals surface area (Å²) in [5, 5.41) is 17.6. The lowest BCUT2D eigenvalue weighted by Gasteiger charge is -2.15. The van der Waals surface area contributed by atoms with Crippen LogP contribution in [0.2, 0.25) is 0 Å². The van der Waals surface area contributed by atoms with Gasteiger partial charge in [0.25, 0.3) is 0 Å². The number of likely N-dealkylation sites (tertiary alicyclic amines) is 1. The normalized spacial score (nSPS) is 18.3. The summed E-state index contributed by atoms with van der Waals surface area (Å²) >= 11 is 0. The molecule has 2 aromatic heterocycles. The van der Waals surface area contributed by atoms with Gasteiger partial charge in [-0.15, -0.1) is 5.10 Å². The summed E-state index contributed by atoms with van der Waals surface area (Å²) in [6.07, 6.45) is 2.99. The average Bonchev–Trinajstić information content (AvgIpc) is 3.35. The third-order valence-electron chi connectivity index (χ3n) is 4.45. The van der Waals surface area contributed by atoms with Gasteiger partial charge >= 0.3 is 0 Å². The number of furan rings is 1. The van der Waals surface area contributed by atoms with Crippen LogP contribution in [0, 0.1) is 0 Å². The van der Waals surface area contributed by atoms with Crippen LogP contribution in [0.25, 0.3) is 11.5 Å². The van der Waals surface area contributed by atoms with E-state index >= 15 is 0 Å². The maximum absolute atomic E-state index is 9.09. The summed E-state index contributed by atoms with van der Waals surface area (Å²) in [7, 11) is 0. The van der Waals surface area contributed by atoms with Gasteiger partial charge in [-0.2, -0.15) is 0 Å². The topological polar surface area (TPSA) is 67.3 Å². The molecular formula is C18H20N4O2. The zero-order valence-corrected chi connectivity index (χ0v) is 13.4. The Hall–Kier alpha value is -2.44. The van der Waals surface area contributed by atoms with Crippen molar-refractivity contribution >= 4 is 0 Å². The second kappa shape index (κ2) is 6.59. The summed E-state index contributed by atoms with van der Waals surface area (Å²) in [6.45, 7) is 2.89. The summed E-state index contributed by atoms with van der Waals surface area (Å²) in [5.74, 6) is 1.18.